The third kappa shape index (κ3) is 4.85. The van der Waals surface area contributed by atoms with Gasteiger partial charge in [0.15, 0.2) is 0 Å². The van der Waals surface area contributed by atoms with Gasteiger partial charge in [0.1, 0.15) is 0 Å². The van der Waals surface area contributed by atoms with Gasteiger partial charge in [-0.15, -0.1) is 6.58 Å². The van der Waals surface area contributed by atoms with Crippen LogP contribution in [0.25, 0.3) is 0 Å². The third-order valence-electron chi connectivity index (χ3n) is 2.87. The molecule has 0 aromatic heterocycles. The number of hydrogen-bond donors (Lipinski definition) is 3. The highest BCUT2D eigenvalue weighted by Gasteiger charge is 2.12. The fourth-order valence-corrected chi connectivity index (χ4v) is 1.62. The lowest BCUT2D eigenvalue weighted by Gasteiger charge is -2.11. The van der Waals surface area contributed by atoms with Gasteiger partial charge in [0.05, 0.1) is 0 Å². The maximum Gasteiger partial charge on any atom is 0.251 e. The molecule has 0 aliphatic rings. The predicted molar refractivity (Wildman–Crippen MR) is 80.4 cm³/mol. The summed E-state index contributed by atoms with van der Waals surface area (Å²) in [4.78, 5) is 23.5. The van der Waals surface area contributed by atoms with Gasteiger partial charge >= 0.3 is 0 Å². The minimum atomic E-state index is -0.167. The monoisotopic (exact) mass is 275 g/mol. The summed E-state index contributed by atoms with van der Waals surface area (Å²) in [6, 6.07) is 6.75. The van der Waals surface area contributed by atoms with Crippen molar-refractivity contribution in [1.29, 1.82) is 0 Å². The molecule has 1 rings (SSSR count). The first-order valence-electron chi connectivity index (χ1n) is 6.58. The van der Waals surface area contributed by atoms with Crippen LogP contribution in [0.3, 0.4) is 0 Å². The van der Waals surface area contributed by atoms with E-state index >= 15 is 0 Å². The summed E-state index contributed by atoms with van der Waals surface area (Å²) >= 11 is 0. The van der Waals surface area contributed by atoms with Crippen LogP contribution in [0.15, 0.2) is 36.9 Å². The Kier molecular flexibility index (Phi) is 6.46. The number of carbonyl (C=O) groups is 2. The Morgan fingerprint density at radius 3 is 2.55 bits per heavy atom. The van der Waals surface area contributed by atoms with Crippen LogP contribution >= 0.6 is 0 Å². The standard InChI is InChI=1S/C15H21N3O2/c1-3-10-17-15(20)12-4-6-13(7-5-12)18-14(19)11(2)8-9-16/h3-7,11H,1,8-10,16H2,2H3,(H,17,20)(H,18,19). The molecular weight excluding hydrogens is 254 g/mol. The second-order valence-corrected chi connectivity index (χ2v) is 4.54. The van der Waals surface area contributed by atoms with Gasteiger partial charge in [-0.1, -0.05) is 13.0 Å². The molecule has 0 bridgehead atoms. The molecule has 0 fully saturated rings. The molecule has 1 aromatic rings. The third-order valence-corrected chi connectivity index (χ3v) is 2.87. The van der Waals surface area contributed by atoms with Crippen molar-refractivity contribution in [2.45, 2.75) is 13.3 Å². The second kappa shape index (κ2) is 8.12. The fourth-order valence-electron chi connectivity index (χ4n) is 1.62. The molecule has 20 heavy (non-hydrogen) atoms. The van der Waals surface area contributed by atoms with Crippen LogP contribution in [-0.4, -0.2) is 24.9 Å². The van der Waals surface area contributed by atoms with Gasteiger partial charge in [0, 0.05) is 23.7 Å². The zero-order valence-corrected chi connectivity index (χ0v) is 11.7. The molecule has 0 heterocycles. The van der Waals surface area contributed by atoms with E-state index < -0.39 is 0 Å². The molecule has 108 valence electrons. The van der Waals surface area contributed by atoms with Crippen LogP contribution < -0.4 is 16.4 Å². The molecule has 0 radical (unpaired) electrons. The number of benzene rings is 1. The Labute approximate surface area is 119 Å². The molecule has 4 N–H and O–H groups in total. The first-order chi connectivity index (χ1) is 9.58. The summed E-state index contributed by atoms with van der Waals surface area (Å²) in [6.07, 6.45) is 2.26. The van der Waals surface area contributed by atoms with Crippen molar-refractivity contribution in [2.24, 2.45) is 11.7 Å². The van der Waals surface area contributed by atoms with Crippen molar-refractivity contribution in [3.05, 3.63) is 42.5 Å². The maximum atomic E-state index is 11.8. The van der Waals surface area contributed by atoms with Gasteiger partial charge in [-0.3, -0.25) is 9.59 Å². The van der Waals surface area contributed by atoms with Crippen LogP contribution in [0.4, 0.5) is 5.69 Å². The number of rotatable bonds is 7. The lowest BCUT2D eigenvalue weighted by atomic mass is 10.1. The van der Waals surface area contributed by atoms with Crippen LogP contribution in [-0.2, 0) is 4.79 Å². The van der Waals surface area contributed by atoms with Crippen LogP contribution in [0.2, 0.25) is 0 Å². The number of hydrogen-bond acceptors (Lipinski definition) is 3. The number of amides is 2. The predicted octanol–water partition coefficient (Wildman–Crippen LogP) is 1.53. The topological polar surface area (TPSA) is 84.2 Å². The number of nitrogens with two attached hydrogens (primary N) is 1. The molecule has 1 aromatic carbocycles. The molecule has 0 saturated carbocycles. The van der Waals surface area contributed by atoms with Crippen LogP contribution in [0.5, 0.6) is 0 Å². The highest BCUT2D eigenvalue weighted by atomic mass is 16.2. The SMILES string of the molecule is C=CCNC(=O)c1ccc(NC(=O)C(C)CCN)cc1. The molecule has 0 aliphatic heterocycles. The van der Waals surface area contributed by atoms with E-state index in [1.807, 2.05) is 6.92 Å². The molecule has 1 unspecified atom stereocenters. The van der Waals surface area contributed by atoms with Crippen molar-refractivity contribution in [2.75, 3.05) is 18.4 Å². The quantitative estimate of drug-likeness (QED) is 0.660. The molecule has 1 atom stereocenters. The van der Waals surface area contributed by atoms with E-state index in [2.05, 4.69) is 17.2 Å². The summed E-state index contributed by atoms with van der Waals surface area (Å²) in [5, 5.41) is 5.48. The summed E-state index contributed by atoms with van der Waals surface area (Å²) in [7, 11) is 0. The molecular formula is C15H21N3O2. The van der Waals surface area contributed by atoms with Gasteiger partial charge in [0.2, 0.25) is 5.91 Å². The smallest absolute Gasteiger partial charge is 0.251 e. The molecule has 2 amide bonds. The Bertz CT molecular complexity index is 469. The average Bonchev–Trinajstić information content (AvgIpc) is 2.45. The number of anilines is 1. The van der Waals surface area contributed by atoms with Crippen molar-refractivity contribution in [3.8, 4) is 0 Å². The Hall–Kier alpha value is -2.14. The van der Waals surface area contributed by atoms with Crippen LogP contribution in [0.1, 0.15) is 23.7 Å². The number of carbonyl (C=O) groups excluding carboxylic acids is 2. The van der Waals surface area contributed by atoms with E-state index in [0.717, 1.165) is 0 Å². The zero-order chi connectivity index (χ0) is 15.0. The molecule has 0 spiro atoms. The Morgan fingerprint density at radius 1 is 1.35 bits per heavy atom. The van der Waals surface area contributed by atoms with E-state index in [-0.39, 0.29) is 17.7 Å². The van der Waals surface area contributed by atoms with Crippen molar-refractivity contribution >= 4 is 17.5 Å². The van der Waals surface area contributed by atoms with Gasteiger partial charge in [-0.2, -0.15) is 0 Å². The summed E-state index contributed by atoms with van der Waals surface area (Å²) in [5.74, 6) is -0.367. The van der Waals surface area contributed by atoms with E-state index in [1.165, 1.54) is 0 Å². The second-order valence-electron chi connectivity index (χ2n) is 4.54. The van der Waals surface area contributed by atoms with E-state index in [1.54, 1.807) is 30.3 Å². The lowest BCUT2D eigenvalue weighted by Crippen LogP contribution is -2.24. The summed E-state index contributed by atoms with van der Waals surface area (Å²) < 4.78 is 0. The van der Waals surface area contributed by atoms with Gasteiger partial charge < -0.3 is 16.4 Å². The summed E-state index contributed by atoms with van der Waals surface area (Å²) in [6.45, 7) is 6.27. The first kappa shape index (κ1) is 15.9. The van der Waals surface area contributed by atoms with Crippen molar-refractivity contribution < 1.29 is 9.59 Å². The van der Waals surface area contributed by atoms with Crippen molar-refractivity contribution in [3.63, 3.8) is 0 Å². The summed E-state index contributed by atoms with van der Waals surface area (Å²) in [5.41, 5.74) is 6.63. The molecule has 5 nitrogen and oxygen atoms in total. The average molecular weight is 275 g/mol. The van der Waals surface area contributed by atoms with Crippen molar-refractivity contribution in [1.82, 2.24) is 5.32 Å². The van der Waals surface area contributed by atoms with E-state index in [4.69, 9.17) is 5.73 Å². The number of nitrogens with one attached hydrogen (secondary N) is 2. The van der Waals surface area contributed by atoms with Gasteiger partial charge in [-0.25, -0.2) is 0 Å². The largest absolute Gasteiger partial charge is 0.349 e. The van der Waals surface area contributed by atoms with Crippen LogP contribution in [0, 0.1) is 5.92 Å². The van der Waals surface area contributed by atoms with Gasteiger partial charge in [0.25, 0.3) is 5.91 Å². The lowest BCUT2D eigenvalue weighted by molar-refractivity contribution is -0.119. The first-order valence-corrected chi connectivity index (χ1v) is 6.58. The highest BCUT2D eigenvalue weighted by molar-refractivity contribution is 5.96. The fraction of sp³-hybridized carbons (Fsp3) is 0.333. The molecule has 5 heteroatoms. The Morgan fingerprint density at radius 2 is 2.00 bits per heavy atom. The van der Waals surface area contributed by atoms with E-state index in [0.29, 0.717) is 30.8 Å². The van der Waals surface area contributed by atoms with Gasteiger partial charge in [-0.05, 0) is 37.2 Å². The minimum absolute atomic E-state index is 0.0701. The Balaban J connectivity index is 2.60. The van der Waals surface area contributed by atoms with E-state index in [9.17, 15) is 9.59 Å². The normalized spacial score (nSPS) is 11.5. The maximum absolute atomic E-state index is 11.8. The molecule has 0 aliphatic carbocycles. The highest BCUT2D eigenvalue weighted by Crippen LogP contribution is 2.12. The minimum Gasteiger partial charge on any atom is -0.349 e. The zero-order valence-electron chi connectivity index (χ0n) is 11.7. The molecule has 0 saturated heterocycles.